The lowest BCUT2D eigenvalue weighted by Gasteiger charge is -2.32. The van der Waals surface area contributed by atoms with E-state index in [0.29, 0.717) is 6.04 Å². The molecule has 0 radical (unpaired) electrons. The number of hydrogen-bond acceptors (Lipinski definition) is 3. The van der Waals surface area contributed by atoms with Crippen LogP contribution in [0, 0.1) is 11.8 Å². The van der Waals surface area contributed by atoms with E-state index >= 15 is 0 Å². The van der Waals surface area contributed by atoms with E-state index in [4.69, 9.17) is 4.74 Å². The molecule has 2 rings (SSSR count). The van der Waals surface area contributed by atoms with Crippen molar-refractivity contribution in [3.8, 4) is 5.75 Å². The normalized spacial score (nSPS) is 27.0. The Labute approximate surface area is 116 Å². The molecule has 1 aliphatic rings. The highest BCUT2D eigenvalue weighted by molar-refractivity contribution is 5.50. The number of nitrogens with one attached hydrogen (secondary N) is 1. The van der Waals surface area contributed by atoms with Crippen LogP contribution in [0.15, 0.2) is 18.3 Å². The molecular weight excluding hydrogens is 236 g/mol. The zero-order chi connectivity index (χ0) is 13.7. The lowest BCUT2D eigenvalue weighted by atomic mass is 9.80. The first-order chi connectivity index (χ1) is 9.19. The number of hydrogen-bond donors (Lipinski definition) is 1. The maximum Gasteiger partial charge on any atom is 0.168 e. The maximum absolute atomic E-state index is 5.76. The first-order valence-electron chi connectivity index (χ1n) is 7.53. The molecule has 0 spiro atoms. The highest BCUT2D eigenvalue weighted by atomic mass is 16.5. The fraction of sp³-hybridized carbons (Fsp3) is 0.688. The summed E-state index contributed by atoms with van der Waals surface area (Å²) in [4.78, 5) is 4.44. The summed E-state index contributed by atoms with van der Waals surface area (Å²) in [5.41, 5.74) is 0. The Balaban J connectivity index is 2.01. The zero-order valence-corrected chi connectivity index (χ0v) is 12.4. The van der Waals surface area contributed by atoms with E-state index in [1.165, 1.54) is 19.3 Å². The van der Waals surface area contributed by atoms with E-state index in [-0.39, 0.29) is 0 Å². The zero-order valence-electron chi connectivity index (χ0n) is 12.4. The summed E-state index contributed by atoms with van der Waals surface area (Å²) in [5.74, 6) is 3.38. The summed E-state index contributed by atoms with van der Waals surface area (Å²) >= 11 is 0. The molecule has 1 aromatic heterocycles. The molecule has 1 fully saturated rings. The van der Waals surface area contributed by atoms with Crippen LogP contribution in [0.1, 0.15) is 46.5 Å². The van der Waals surface area contributed by atoms with Crippen LogP contribution in [-0.2, 0) is 0 Å². The van der Waals surface area contributed by atoms with Crippen molar-refractivity contribution in [3.63, 3.8) is 0 Å². The fourth-order valence-electron chi connectivity index (χ4n) is 3.09. The minimum Gasteiger partial charge on any atom is -0.490 e. The summed E-state index contributed by atoms with van der Waals surface area (Å²) in [6, 6.07) is 4.46. The molecule has 0 saturated heterocycles. The third-order valence-corrected chi connectivity index (χ3v) is 3.75. The average molecular weight is 262 g/mol. The number of anilines is 1. The minimum atomic E-state index is 0.526. The standard InChI is InChI=1S/C16H26N2O/c1-4-8-19-15-6-5-7-17-16(15)18-14-10-12(2)9-13(3)11-14/h5-7,12-14H,4,8-11H2,1-3H3,(H,17,18). The van der Waals surface area contributed by atoms with Gasteiger partial charge >= 0.3 is 0 Å². The van der Waals surface area contributed by atoms with Crippen LogP contribution in [0.3, 0.4) is 0 Å². The molecule has 3 nitrogen and oxygen atoms in total. The summed E-state index contributed by atoms with van der Waals surface area (Å²) in [7, 11) is 0. The average Bonchev–Trinajstić information content (AvgIpc) is 2.36. The minimum absolute atomic E-state index is 0.526. The van der Waals surface area contributed by atoms with Crippen molar-refractivity contribution in [2.45, 2.75) is 52.5 Å². The first kappa shape index (κ1) is 14.2. The van der Waals surface area contributed by atoms with E-state index in [0.717, 1.165) is 36.4 Å². The number of pyridine rings is 1. The molecule has 1 heterocycles. The largest absolute Gasteiger partial charge is 0.490 e. The van der Waals surface area contributed by atoms with E-state index < -0.39 is 0 Å². The van der Waals surface area contributed by atoms with Gasteiger partial charge in [-0.05, 0) is 49.7 Å². The summed E-state index contributed by atoms with van der Waals surface area (Å²) in [5, 5.41) is 3.58. The Hall–Kier alpha value is -1.25. The predicted molar refractivity (Wildman–Crippen MR) is 79.6 cm³/mol. The first-order valence-corrected chi connectivity index (χ1v) is 7.53. The third kappa shape index (κ3) is 4.12. The fourth-order valence-corrected chi connectivity index (χ4v) is 3.09. The van der Waals surface area contributed by atoms with Gasteiger partial charge in [0.25, 0.3) is 0 Å². The Morgan fingerprint density at radius 1 is 1.26 bits per heavy atom. The van der Waals surface area contributed by atoms with Gasteiger partial charge in [-0.25, -0.2) is 4.98 Å². The molecule has 3 heteroatoms. The van der Waals surface area contributed by atoms with E-state index in [2.05, 4.69) is 31.1 Å². The molecule has 1 aliphatic carbocycles. The van der Waals surface area contributed by atoms with E-state index in [9.17, 15) is 0 Å². The number of ether oxygens (including phenoxy) is 1. The molecule has 0 aromatic carbocycles. The lowest BCUT2D eigenvalue weighted by molar-refractivity contribution is 0.278. The summed E-state index contributed by atoms with van der Waals surface area (Å²) < 4.78 is 5.76. The quantitative estimate of drug-likeness (QED) is 0.867. The molecule has 1 aromatic rings. The monoisotopic (exact) mass is 262 g/mol. The van der Waals surface area contributed by atoms with E-state index in [1.54, 1.807) is 0 Å². The Morgan fingerprint density at radius 2 is 2.00 bits per heavy atom. The maximum atomic E-state index is 5.76. The van der Waals surface area contributed by atoms with Gasteiger partial charge in [0.1, 0.15) is 0 Å². The smallest absolute Gasteiger partial charge is 0.168 e. The lowest BCUT2D eigenvalue weighted by Crippen LogP contribution is -2.30. The SMILES string of the molecule is CCCOc1cccnc1NC1CC(C)CC(C)C1. The number of rotatable bonds is 5. The number of aromatic nitrogens is 1. The predicted octanol–water partition coefficient (Wildman–Crippen LogP) is 4.11. The molecule has 19 heavy (non-hydrogen) atoms. The van der Waals surface area contributed by atoms with Crippen molar-refractivity contribution in [1.82, 2.24) is 4.98 Å². The van der Waals surface area contributed by atoms with E-state index in [1.807, 2.05) is 18.3 Å². The number of nitrogens with zero attached hydrogens (tertiary/aromatic N) is 1. The Bertz CT molecular complexity index is 384. The van der Waals surface area contributed by atoms with Gasteiger partial charge in [0.05, 0.1) is 6.61 Å². The van der Waals surface area contributed by atoms with Gasteiger partial charge in [-0.2, -0.15) is 0 Å². The topological polar surface area (TPSA) is 34.1 Å². The van der Waals surface area contributed by atoms with Crippen LogP contribution in [-0.4, -0.2) is 17.6 Å². The van der Waals surface area contributed by atoms with Crippen molar-refractivity contribution in [3.05, 3.63) is 18.3 Å². The second-order valence-electron chi connectivity index (χ2n) is 5.96. The van der Waals surface area contributed by atoms with Gasteiger partial charge in [0.15, 0.2) is 11.6 Å². The second kappa shape index (κ2) is 6.78. The highest BCUT2D eigenvalue weighted by Crippen LogP contribution is 2.32. The van der Waals surface area contributed by atoms with Gasteiger partial charge in [-0.15, -0.1) is 0 Å². The molecule has 106 valence electrons. The van der Waals surface area contributed by atoms with Crippen molar-refractivity contribution < 1.29 is 4.74 Å². The highest BCUT2D eigenvalue weighted by Gasteiger charge is 2.24. The van der Waals surface area contributed by atoms with Crippen LogP contribution in [0.25, 0.3) is 0 Å². The second-order valence-corrected chi connectivity index (χ2v) is 5.96. The van der Waals surface area contributed by atoms with Crippen molar-refractivity contribution in [2.24, 2.45) is 11.8 Å². The summed E-state index contributed by atoms with van der Waals surface area (Å²) in [6.45, 7) is 7.56. The Kier molecular flexibility index (Phi) is 5.06. The molecular formula is C16H26N2O. The molecule has 0 amide bonds. The molecule has 0 aliphatic heterocycles. The van der Waals surface area contributed by atoms with Crippen LogP contribution in [0.4, 0.5) is 5.82 Å². The third-order valence-electron chi connectivity index (χ3n) is 3.75. The molecule has 0 bridgehead atoms. The van der Waals surface area contributed by atoms with Gasteiger partial charge < -0.3 is 10.1 Å². The van der Waals surface area contributed by atoms with Gasteiger partial charge in [-0.1, -0.05) is 20.8 Å². The molecule has 1 N–H and O–H groups in total. The molecule has 1 saturated carbocycles. The van der Waals surface area contributed by atoms with Crippen molar-refractivity contribution in [2.75, 3.05) is 11.9 Å². The van der Waals surface area contributed by atoms with Crippen LogP contribution >= 0.6 is 0 Å². The van der Waals surface area contributed by atoms with Crippen LogP contribution < -0.4 is 10.1 Å². The molecule has 2 unspecified atom stereocenters. The van der Waals surface area contributed by atoms with Crippen LogP contribution in [0.5, 0.6) is 5.75 Å². The Morgan fingerprint density at radius 3 is 2.68 bits per heavy atom. The van der Waals surface area contributed by atoms with Gasteiger partial charge in [0.2, 0.25) is 0 Å². The van der Waals surface area contributed by atoms with Crippen molar-refractivity contribution >= 4 is 5.82 Å². The molecule has 2 atom stereocenters. The van der Waals surface area contributed by atoms with Crippen LogP contribution in [0.2, 0.25) is 0 Å². The van der Waals surface area contributed by atoms with Gasteiger partial charge in [-0.3, -0.25) is 0 Å². The summed E-state index contributed by atoms with van der Waals surface area (Å²) in [6.07, 6.45) is 6.66. The van der Waals surface area contributed by atoms with Crippen molar-refractivity contribution in [1.29, 1.82) is 0 Å². The van der Waals surface area contributed by atoms with Gasteiger partial charge in [0, 0.05) is 12.2 Å².